The molecule has 0 aromatic carbocycles. The number of rotatable bonds is 4. The summed E-state index contributed by atoms with van der Waals surface area (Å²) in [5.74, 6) is 0.243. The average Bonchev–Trinajstić information content (AvgIpc) is 3.33. The van der Waals surface area contributed by atoms with Crippen molar-refractivity contribution in [3.63, 3.8) is 0 Å². The monoisotopic (exact) mass is 350 g/mol. The predicted molar refractivity (Wildman–Crippen MR) is 104 cm³/mol. The second-order valence-corrected chi connectivity index (χ2v) is 9.65. The van der Waals surface area contributed by atoms with E-state index in [4.69, 9.17) is 0 Å². The first-order valence-electron chi connectivity index (χ1n) is 11.2. The van der Waals surface area contributed by atoms with E-state index in [2.05, 4.69) is 37.7 Å². The van der Waals surface area contributed by atoms with Gasteiger partial charge in [0.25, 0.3) is 0 Å². The van der Waals surface area contributed by atoms with E-state index >= 15 is 0 Å². The highest BCUT2D eigenvalue weighted by Crippen LogP contribution is 2.55. The summed E-state index contributed by atoms with van der Waals surface area (Å²) in [6.07, 6.45) is 11.2. The van der Waals surface area contributed by atoms with Crippen LogP contribution in [-0.2, 0) is 0 Å². The first-order chi connectivity index (χ1) is 12.1. The lowest BCUT2D eigenvalue weighted by atomic mass is 10.1. The standard InChI is InChI=1S/C21H42N4/c1-5-11-19-18-24(13-7-8-14-24)21(23(19)4)22(3)17-20(12-6-2)25(21)15-9-10-16-25/h19-20H,5-18H2,1-4H3/q+2. The van der Waals surface area contributed by atoms with Gasteiger partial charge in [-0.05, 0) is 6.42 Å². The van der Waals surface area contributed by atoms with Crippen molar-refractivity contribution in [2.45, 2.75) is 83.2 Å². The van der Waals surface area contributed by atoms with Crippen molar-refractivity contribution in [2.75, 3.05) is 53.4 Å². The molecule has 0 N–H and O–H groups in total. The van der Waals surface area contributed by atoms with E-state index in [9.17, 15) is 0 Å². The van der Waals surface area contributed by atoms with E-state index < -0.39 is 0 Å². The van der Waals surface area contributed by atoms with E-state index in [0.29, 0.717) is 0 Å². The van der Waals surface area contributed by atoms with Gasteiger partial charge in [-0.25, -0.2) is 8.97 Å². The van der Waals surface area contributed by atoms with E-state index in [-0.39, 0.29) is 5.91 Å². The van der Waals surface area contributed by atoms with E-state index in [1.54, 1.807) is 0 Å². The predicted octanol–water partition coefficient (Wildman–Crippen LogP) is 3.05. The fraction of sp³-hybridized carbons (Fsp3) is 1.00. The molecule has 4 heteroatoms. The van der Waals surface area contributed by atoms with Crippen LogP contribution in [0, 0.1) is 0 Å². The number of hydrogen-bond donors (Lipinski definition) is 0. The Bertz CT molecular complexity index is 480. The highest BCUT2D eigenvalue weighted by Gasteiger charge is 2.80. The molecule has 4 aliphatic rings. The molecule has 4 aliphatic heterocycles. The highest BCUT2D eigenvalue weighted by atomic mass is 15.9. The maximum atomic E-state index is 2.92. The summed E-state index contributed by atoms with van der Waals surface area (Å²) in [7, 11) is 4.99. The number of nitrogens with zero attached hydrogens (tertiary/aromatic N) is 4. The highest BCUT2D eigenvalue weighted by molar-refractivity contribution is 4.94. The van der Waals surface area contributed by atoms with Crippen LogP contribution < -0.4 is 0 Å². The summed E-state index contributed by atoms with van der Waals surface area (Å²) in [6, 6.07) is 1.64. The van der Waals surface area contributed by atoms with E-state index in [0.717, 1.165) is 12.1 Å². The first-order valence-corrected chi connectivity index (χ1v) is 11.2. The van der Waals surface area contributed by atoms with Gasteiger partial charge in [0.15, 0.2) is 0 Å². The number of fused-ring (bicyclic) bond motifs is 2. The smallest absolute Gasteiger partial charge is 0.241 e. The molecule has 3 unspecified atom stereocenters. The summed E-state index contributed by atoms with van der Waals surface area (Å²) >= 11 is 0. The minimum Gasteiger partial charge on any atom is -0.241 e. The van der Waals surface area contributed by atoms with Crippen LogP contribution >= 0.6 is 0 Å². The molecule has 0 aromatic rings. The van der Waals surface area contributed by atoms with Crippen molar-refractivity contribution < 1.29 is 8.97 Å². The molecule has 25 heavy (non-hydrogen) atoms. The van der Waals surface area contributed by atoms with Crippen molar-refractivity contribution in [3.05, 3.63) is 0 Å². The van der Waals surface area contributed by atoms with Crippen LogP contribution in [0.4, 0.5) is 0 Å². The lowest BCUT2D eigenvalue weighted by Gasteiger charge is -2.56. The largest absolute Gasteiger partial charge is 0.356 e. The van der Waals surface area contributed by atoms with Gasteiger partial charge in [-0.1, -0.05) is 26.7 Å². The lowest BCUT2D eigenvalue weighted by Crippen LogP contribution is -2.82. The molecule has 3 atom stereocenters. The third-order valence-corrected chi connectivity index (χ3v) is 8.54. The van der Waals surface area contributed by atoms with Crippen molar-refractivity contribution in [1.29, 1.82) is 0 Å². The summed E-state index contributed by atoms with van der Waals surface area (Å²) in [4.78, 5) is 5.78. The molecule has 0 amide bonds. The molecule has 4 nitrogen and oxygen atoms in total. The summed E-state index contributed by atoms with van der Waals surface area (Å²) < 4.78 is 2.80. The zero-order valence-electron chi connectivity index (χ0n) is 17.3. The molecule has 4 rings (SSSR count). The zero-order chi connectivity index (χ0) is 17.7. The molecule has 0 saturated carbocycles. The second kappa shape index (κ2) is 6.47. The van der Waals surface area contributed by atoms with Gasteiger partial charge in [0.2, 0.25) is 0 Å². The van der Waals surface area contributed by atoms with Crippen LogP contribution in [-0.4, -0.2) is 90.1 Å². The fourth-order valence-corrected chi connectivity index (χ4v) is 8.05. The van der Waals surface area contributed by atoms with Gasteiger partial charge in [-0.2, -0.15) is 9.80 Å². The van der Waals surface area contributed by atoms with Gasteiger partial charge in [0.05, 0.1) is 38.8 Å². The van der Waals surface area contributed by atoms with Gasteiger partial charge in [-0.3, -0.25) is 0 Å². The van der Waals surface area contributed by atoms with Gasteiger partial charge in [0.1, 0.15) is 12.6 Å². The molecule has 3 spiro atoms. The Morgan fingerprint density at radius 3 is 2.08 bits per heavy atom. The summed E-state index contributed by atoms with van der Waals surface area (Å²) in [5, 5.41) is 0. The van der Waals surface area contributed by atoms with Crippen LogP contribution in [0.3, 0.4) is 0 Å². The average molecular weight is 351 g/mol. The minimum absolute atomic E-state index is 0.243. The molecule has 4 fully saturated rings. The van der Waals surface area contributed by atoms with Crippen molar-refractivity contribution in [1.82, 2.24) is 9.80 Å². The Labute approximate surface area is 155 Å². The second-order valence-electron chi connectivity index (χ2n) is 9.65. The topological polar surface area (TPSA) is 6.48 Å². The molecule has 0 aliphatic carbocycles. The Balaban J connectivity index is 1.85. The van der Waals surface area contributed by atoms with Crippen molar-refractivity contribution in [2.24, 2.45) is 0 Å². The van der Waals surface area contributed by atoms with Crippen molar-refractivity contribution >= 4 is 0 Å². The quantitative estimate of drug-likeness (QED) is 0.719. The summed E-state index contributed by atoms with van der Waals surface area (Å²) in [6.45, 7) is 13.2. The number of quaternary nitrogens is 2. The first kappa shape index (κ1) is 18.2. The van der Waals surface area contributed by atoms with Crippen LogP contribution in [0.5, 0.6) is 0 Å². The SMILES string of the molecule is CCCC1C[N+]2(CCCC2)C2(N(C)CC(CCC)[N+]23CCCC3)N1C. The van der Waals surface area contributed by atoms with Gasteiger partial charge >= 0.3 is 5.91 Å². The zero-order valence-corrected chi connectivity index (χ0v) is 17.3. The van der Waals surface area contributed by atoms with Gasteiger partial charge < -0.3 is 0 Å². The molecule has 0 aromatic heterocycles. The number of hydrogen-bond acceptors (Lipinski definition) is 2. The Kier molecular flexibility index (Phi) is 4.71. The Hall–Kier alpha value is -0.160. The third-order valence-electron chi connectivity index (χ3n) is 8.54. The minimum atomic E-state index is 0.243. The Morgan fingerprint density at radius 2 is 1.48 bits per heavy atom. The van der Waals surface area contributed by atoms with Gasteiger partial charge in [0, 0.05) is 46.2 Å². The van der Waals surface area contributed by atoms with Crippen LogP contribution in [0.15, 0.2) is 0 Å². The van der Waals surface area contributed by atoms with Crippen LogP contribution in [0.25, 0.3) is 0 Å². The molecule has 4 heterocycles. The lowest BCUT2D eigenvalue weighted by molar-refractivity contribution is -1.17. The maximum Gasteiger partial charge on any atom is 0.356 e. The van der Waals surface area contributed by atoms with E-state index in [1.807, 2.05) is 0 Å². The fourth-order valence-electron chi connectivity index (χ4n) is 8.05. The number of likely N-dealkylation sites (N-methyl/N-ethyl adjacent to an activating group) is 2. The molecule has 4 saturated heterocycles. The normalized spacial score (nSPS) is 40.3. The maximum absolute atomic E-state index is 2.92. The van der Waals surface area contributed by atoms with E-state index in [1.165, 1.54) is 99.6 Å². The van der Waals surface area contributed by atoms with Gasteiger partial charge in [-0.15, -0.1) is 0 Å². The molecular formula is C21H42N4+2. The van der Waals surface area contributed by atoms with Crippen LogP contribution in [0.2, 0.25) is 0 Å². The van der Waals surface area contributed by atoms with Crippen LogP contribution in [0.1, 0.15) is 65.2 Å². The molecule has 144 valence electrons. The molecular weight excluding hydrogens is 308 g/mol. The Morgan fingerprint density at radius 1 is 0.880 bits per heavy atom. The molecule has 0 bridgehead atoms. The van der Waals surface area contributed by atoms with Crippen molar-refractivity contribution in [3.8, 4) is 0 Å². The molecule has 0 radical (unpaired) electrons. The summed E-state index contributed by atoms with van der Waals surface area (Å²) in [5.41, 5.74) is 0. The third kappa shape index (κ3) is 2.14.